The molecule has 7 atom stereocenters. The Morgan fingerprint density at radius 1 is 1.07 bits per heavy atom. The Hall–Kier alpha value is -1.27. The van der Waals surface area contributed by atoms with E-state index in [1.807, 2.05) is 20.8 Å². The molecule has 5 unspecified atom stereocenters. The van der Waals surface area contributed by atoms with Crippen molar-refractivity contribution in [3.8, 4) is 0 Å². The lowest BCUT2D eigenvalue weighted by Gasteiger charge is -2.49. The average Bonchev–Trinajstić information content (AvgIpc) is 3.45. The average molecular weight is 637 g/mol. The molecule has 2 N–H and O–H groups in total. The van der Waals surface area contributed by atoms with Crippen molar-refractivity contribution in [2.75, 3.05) is 66.2 Å². The molecular formula is C35H64N4O6. The molecular weight excluding hydrogens is 572 g/mol. The van der Waals surface area contributed by atoms with Gasteiger partial charge in [-0.25, -0.2) is 4.79 Å². The van der Waals surface area contributed by atoms with Crippen molar-refractivity contribution in [2.24, 2.45) is 17.8 Å². The molecule has 1 amide bonds. The number of carbonyl (C=O) groups is 1. The molecule has 0 bridgehead atoms. The number of rotatable bonds is 13. The molecule has 0 radical (unpaired) electrons. The normalized spacial score (nSPS) is 30.3. The van der Waals surface area contributed by atoms with Gasteiger partial charge < -0.3 is 29.3 Å². The number of carbonyl (C=O) groups excluding carboxylic acids is 1. The Kier molecular flexibility index (Phi) is 14.0. The number of piperidine rings is 1. The van der Waals surface area contributed by atoms with Gasteiger partial charge in [0.2, 0.25) is 0 Å². The summed E-state index contributed by atoms with van der Waals surface area (Å²) >= 11 is 0. The van der Waals surface area contributed by atoms with Gasteiger partial charge in [0.1, 0.15) is 18.1 Å². The zero-order valence-electron chi connectivity index (χ0n) is 29.1. The molecule has 0 saturated carbocycles. The molecule has 0 aromatic carbocycles. The second-order valence-corrected chi connectivity index (χ2v) is 15.3. The van der Waals surface area contributed by atoms with Crippen LogP contribution in [-0.4, -0.2) is 138 Å². The van der Waals surface area contributed by atoms with Crippen LogP contribution in [0.5, 0.6) is 0 Å². The molecule has 4 rings (SSSR count). The monoisotopic (exact) mass is 636 g/mol. The fourth-order valence-corrected chi connectivity index (χ4v) is 8.08. The smallest absolute Gasteiger partial charge is 0.410 e. The van der Waals surface area contributed by atoms with Gasteiger partial charge >= 0.3 is 6.09 Å². The highest BCUT2D eigenvalue weighted by atomic mass is 16.6. The third kappa shape index (κ3) is 10.4. The van der Waals surface area contributed by atoms with Crippen molar-refractivity contribution in [3.05, 3.63) is 12.2 Å². The molecule has 260 valence electrons. The summed E-state index contributed by atoms with van der Waals surface area (Å²) in [4.78, 5) is 22.3. The minimum atomic E-state index is -0.688. The van der Waals surface area contributed by atoms with E-state index in [1.54, 1.807) is 12.0 Å². The molecule has 3 aliphatic heterocycles. The van der Waals surface area contributed by atoms with E-state index < -0.39 is 18.1 Å². The molecule has 0 spiro atoms. The van der Waals surface area contributed by atoms with E-state index >= 15 is 0 Å². The molecule has 1 aliphatic carbocycles. The van der Waals surface area contributed by atoms with Crippen molar-refractivity contribution >= 4 is 6.09 Å². The Labute approximate surface area is 273 Å². The Bertz CT molecular complexity index is 922. The van der Waals surface area contributed by atoms with Gasteiger partial charge in [0.15, 0.2) is 0 Å². The topological polar surface area (TPSA) is 98.2 Å². The zero-order chi connectivity index (χ0) is 32.6. The van der Waals surface area contributed by atoms with Crippen LogP contribution < -0.4 is 0 Å². The first-order valence-electron chi connectivity index (χ1n) is 17.8. The summed E-state index contributed by atoms with van der Waals surface area (Å²) in [5.41, 5.74) is -0.615. The molecule has 0 aromatic rings. The second-order valence-electron chi connectivity index (χ2n) is 15.3. The summed E-state index contributed by atoms with van der Waals surface area (Å²) in [6.07, 6.45) is 11.3. The number of hydrogen-bond donors (Lipinski definition) is 2. The summed E-state index contributed by atoms with van der Waals surface area (Å²) < 4.78 is 16.8. The maximum Gasteiger partial charge on any atom is 0.410 e. The number of allylic oxidation sites excluding steroid dienone is 2. The van der Waals surface area contributed by atoms with Crippen molar-refractivity contribution in [1.82, 2.24) is 19.6 Å². The second kappa shape index (κ2) is 17.2. The van der Waals surface area contributed by atoms with E-state index in [1.165, 1.54) is 6.42 Å². The van der Waals surface area contributed by atoms with Crippen LogP contribution in [0.2, 0.25) is 0 Å². The van der Waals surface area contributed by atoms with E-state index in [4.69, 9.17) is 14.2 Å². The molecule has 4 aliphatic rings. The van der Waals surface area contributed by atoms with E-state index in [2.05, 4.69) is 40.7 Å². The van der Waals surface area contributed by atoms with Crippen LogP contribution in [-0.2, 0) is 14.2 Å². The fourth-order valence-electron chi connectivity index (χ4n) is 8.08. The number of likely N-dealkylation sites (tertiary alicyclic amines) is 2. The maximum absolute atomic E-state index is 13.5. The SMILES string of the molecule is COCCCCN1C(C(O)N(CC(C)C)C2C[C@@H](C(O)N3CCOCC3)CN(C(=O)OC(C)(C)C)C2)CCC1[C@@H]1CC=CCC1. The lowest BCUT2D eigenvalue weighted by Crippen LogP contribution is -2.62. The third-order valence-electron chi connectivity index (χ3n) is 10.2. The molecule has 3 saturated heterocycles. The van der Waals surface area contributed by atoms with E-state index in [0.29, 0.717) is 63.7 Å². The first kappa shape index (κ1) is 36.6. The molecule has 10 nitrogen and oxygen atoms in total. The number of methoxy groups -OCH3 is 1. The molecule has 10 heteroatoms. The quantitative estimate of drug-likeness (QED) is 0.176. The summed E-state index contributed by atoms with van der Waals surface area (Å²) in [6.45, 7) is 15.9. The third-order valence-corrected chi connectivity index (χ3v) is 10.2. The van der Waals surface area contributed by atoms with Crippen molar-refractivity contribution in [3.63, 3.8) is 0 Å². The van der Waals surface area contributed by atoms with E-state index in [9.17, 15) is 15.0 Å². The van der Waals surface area contributed by atoms with Gasteiger partial charge in [-0.2, -0.15) is 0 Å². The van der Waals surface area contributed by atoms with Crippen LogP contribution in [0, 0.1) is 17.8 Å². The van der Waals surface area contributed by atoms with Crippen molar-refractivity contribution in [1.29, 1.82) is 0 Å². The number of aliphatic hydroxyl groups excluding tert-OH is 2. The Morgan fingerprint density at radius 3 is 2.47 bits per heavy atom. The lowest BCUT2D eigenvalue weighted by molar-refractivity contribution is -0.129. The number of aliphatic hydroxyl groups is 2. The number of nitrogens with zero attached hydrogens (tertiary/aromatic N) is 4. The van der Waals surface area contributed by atoms with Gasteiger partial charge in [-0.1, -0.05) is 26.0 Å². The van der Waals surface area contributed by atoms with E-state index in [0.717, 1.165) is 58.2 Å². The molecule has 3 fully saturated rings. The number of ether oxygens (including phenoxy) is 3. The van der Waals surface area contributed by atoms with Crippen molar-refractivity contribution in [2.45, 2.75) is 122 Å². The fraction of sp³-hybridized carbons (Fsp3) is 0.914. The van der Waals surface area contributed by atoms with Gasteiger partial charge in [-0.05, 0) is 90.5 Å². The summed E-state index contributed by atoms with van der Waals surface area (Å²) in [7, 11) is 1.76. The van der Waals surface area contributed by atoms with Crippen LogP contribution in [0.4, 0.5) is 4.79 Å². The van der Waals surface area contributed by atoms with Crippen LogP contribution in [0.25, 0.3) is 0 Å². The van der Waals surface area contributed by atoms with Gasteiger partial charge in [-0.15, -0.1) is 0 Å². The van der Waals surface area contributed by atoms with Gasteiger partial charge in [0.05, 0.1) is 13.2 Å². The predicted molar refractivity (Wildman–Crippen MR) is 177 cm³/mol. The molecule has 3 heterocycles. The van der Waals surface area contributed by atoms with Crippen LogP contribution >= 0.6 is 0 Å². The summed E-state index contributed by atoms with van der Waals surface area (Å²) in [5, 5.41) is 24.0. The maximum atomic E-state index is 13.5. The minimum absolute atomic E-state index is 0.0294. The standard InChI is InChI=1S/C35H64N4O6/c1-26(2)23-39(33(41)31-15-14-30(27-12-8-7-9-13-27)38(31)16-10-11-19-43-6)29-22-28(32(40)36-17-20-44-21-18-36)24-37(25-29)34(42)45-35(3,4)5/h7-8,26-33,40-41H,9-25H2,1-6H3/t27-,28-,29?,30?,31?,32?,33?/m1/s1. The Balaban J connectivity index is 1.58. The first-order valence-corrected chi connectivity index (χ1v) is 17.8. The van der Waals surface area contributed by atoms with E-state index in [-0.39, 0.29) is 24.1 Å². The van der Waals surface area contributed by atoms with Gasteiger partial charge in [0.25, 0.3) is 0 Å². The highest BCUT2D eigenvalue weighted by Gasteiger charge is 2.46. The highest BCUT2D eigenvalue weighted by Crippen LogP contribution is 2.38. The number of amides is 1. The number of morpholine rings is 1. The van der Waals surface area contributed by atoms with Crippen LogP contribution in [0.15, 0.2) is 12.2 Å². The highest BCUT2D eigenvalue weighted by molar-refractivity contribution is 5.68. The number of hydrogen-bond acceptors (Lipinski definition) is 9. The predicted octanol–water partition coefficient (Wildman–Crippen LogP) is 4.15. The van der Waals surface area contributed by atoms with Gasteiger partial charge in [0, 0.05) is 70.5 Å². The summed E-state index contributed by atoms with van der Waals surface area (Å²) in [6, 6.07) is 0.400. The van der Waals surface area contributed by atoms with Crippen LogP contribution in [0.3, 0.4) is 0 Å². The molecule has 0 aromatic heterocycles. The largest absolute Gasteiger partial charge is 0.444 e. The van der Waals surface area contributed by atoms with Crippen molar-refractivity contribution < 1.29 is 29.2 Å². The first-order chi connectivity index (χ1) is 21.5. The van der Waals surface area contributed by atoms with Crippen LogP contribution in [0.1, 0.15) is 86.0 Å². The van der Waals surface area contributed by atoms with Gasteiger partial charge in [-0.3, -0.25) is 14.7 Å². The minimum Gasteiger partial charge on any atom is -0.444 e. The summed E-state index contributed by atoms with van der Waals surface area (Å²) in [5.74, 6) is 0.792. The lowest BCUT2D eigenvalue weighted by atomic mass is 9.86. The zero-order valence-corrected chi connectivity index (χ0v) is 29.1. The number of unbranched alkanes of at least 4 members (excludes halogenated alkanes) is 1. The Morgan fingerprint density at radius 2 is 1.82 bits per heavy atom. The molecule has 45 heavy (non-hydrogen) atoms.